The average Bonchev–Trinajstić information content (AvgIpc) is 2.24. The second-order valence-electron chi connectivity index (χ2n) is 4.22. The zero-order valence-corrected chi connectivity index (χ0v) is 10.4. The summed E-state index contributed by atoms with van der Waals surface area (Å²) < 4.78 is 5.09. The third-order valence-corrected chi connectivity index (χ3v) is 2.78. The Labute approximate surface area is 97.0 Å². The lowest BCUT2D eigenvalue weighted by atomic mass is 9.92. The predicted molar refractivity (Wildman–Crippen MR) is 61.1 cm³/mol. The Balaban J connectivity index is 3.86. The predicted octanol–water partition coefficient (Wildman–Crippen LogP) is 2.47. The van der Waals surface area contributed by atoms with Crippen LogP contribution in [0, 0.1) is 11.8 Å². The minimum absolute atomic E-state index is 0.0465. The highest BCUT2D eigenvalue weighted by Crippen LogP contribution is 2.18. The van der Waals surface area contributed by atoms with Crippen LogP contribution in [0.5, 0.6) is 0 Å². The Hall–Kier alpha value is -1.06. The van der Waals surface area contributed by atoms with Crippen molar-refractivity contribution >= 4 is 11.9 Å². The van der Waals surface area contributed by atoms with Crippen LogP contribution in [-0.2, 0) is 14.3 Å². The maximum Gasteiger partial charge on any atom is 0.308 e. The topological polar surface area (TPSA) is 63.6 Å². The van der Waals surface area contributed by atoms with Gasteiger partial charge in [-0.05, 0) is 18.8 Å². The number of hydrogen-bond donors (Lipinski definition) is 1. The molecule has 0 radical (unpaired) electrons. The fourth-order valence-electron chi connectivity index (χ4n) is 1.28. The molecule has 0 spiro atoms. The number of hydrogen-bond acceptors (Lipinski definition) is 3. The first kappa shape index (κ1) is 14.9. The third kappa shape index (κ3) is 6.43. The summed E-state index contributed by atoms with van der Waals surface area (Å²) >= 11 is 0. The molecule has 0 aliphatic rings. The zero-order chi connectivity index (χ0) is 12.6. The minimum atomic E-state index is -0.821. The van der Waals surface area contributed by atoms with Gasteiger partial charge in [0.25, 0.3) is 0 Å². The van der Waals surface area contributed by atoms with Gasteiger partial charge in [0.2, 0.25) is 0 Å². The first-order valence-electron chi connectivity index (χ1n) is 5.87. The molecule has 0 aliphatic heterocycles. The molecule has 0 bridgehead atoms. The number of aliphatic carboxylic acids is 1. The van der Waals surface area contributed by atoms with Crippen molar-refractivity contribution in [1.82, 2.24) is 0 Å². The lowest BCUT2D eigenvalue weighted by Crippen LogP contribution is -2.22. The van der Waals surface area contributed by atoms with Crippen molar-refractivity contribution in [2.75, 3.05) is 6.61 Å². The molecule has 2 atom stereocenters. The van der Waals surface area contributed by atoms with Gasteiger partial charge in [0.15, 0.2) is 0 Å². The van der Waals surface area contributed by atoms with Gasteiger partial charge in [0, 0.05) is 6.42 Å². The minimum Gasteiger partial charge on any atom is -0.481 e. The van der Waals surface area contributed by atoms with E-state index < -0.39 is 5.97 Å². The molecule has 1 N–H and O–H groups in total. The largest absolute Gasteiger partial charge is 0.481 e. The van der Waals surface area contributed by atoms with E-state index in [1.54, 1.807) is 6.92 Å². The standard InChI is InChI=1S/C12H22O4/c1-4-5-8-16-12(15)10(3)9(2)6-7-11(13)14/h9-10H,4-8H2,1-3H3,(H,13,14). The van der Waals surface area contributed by atoms with Gasteiger partial charge in [-0.25, -0.2) is 0 Å². The van der Waals surface area contributed by atoms with Gasteiger partial charge in [-0.3, -0.25) is 9.59 Å². The molecule has 4 heteroatoms. The summed E-state index contributed by atoms with van der Waals surface area (Å²) in [7, 11) is 0. The monoisotopic (exact) mass is 230 g/mol. The van der Waals surface area contributed by atoms with E-state index >= 15 is 0 Å². The molecule has 0 aromatic rings. The van der Waals surface area contributed by atoms with E-state index in [1.807, 2.05) is 13.8 Å². The molecule has 2 unspecified atom stereocenters. The summed E-state index contributed by atoms with van der Waals surface area (Å²) in [6.07, 6.45) is 2.49. The maximum atomic E-state index is 11.5. The Morgan fingerprint density at radius 1 is 1.31 bits per heavy atom. The molecule has 16 heavy (non-hydrogen) atoms. The lowest BCUT2D eigenvalue weighted by molar-refractivity contribution is -0.150. The smallest absolute Gasteiger partial charge is 0.308 e. The SMILES string of the molecule is CCCCOC(=O)C(C)C(C)CCC(=O)O. The first-order chi connectivity index (χ1) is 7.49. The van der Waals surface area contributed by atoms with E-state index in [9.17, 15) is 9.59 Å². The number of rotatable bonds is 8. The molecule has 0 aromatic carbocycles. The summed E-state index contributed by atoms with van der Waals surface area (Å²) in [5.41, 5.74) is 0. The van der Waals surface area contributed by atoms with E-state index in [-0.39, 0.29) is 24.2 Å². The highest BCUT2D eigenvalue weighted by Gasteiger charge is 2.21. The van der Waals surface area contributed by atoms with Crippen molar-refractivity contribution in [3.8, 4) is 0 Å². The van der Waals surface area contributed by atoms with Crippen LogP contribution in [0.4, 0.5) is 0 Å². The summed E-state index contributed by atoms with van der Waals surface area (Å²) in [4.78, 5) is 21.9. The van der Waals surface area contributed by atoms with E-state index in [0.717, 1.165) is 12.8 Å². The van der Waals surface area contributed by atoms with E-state index in [2.05, 4.69) is 0 Å². The Morgan fingerprint density at radius 3 is 2.44 bits per heavy atom. The lowest BCUT2D eigenvalue weighted by Gasteiger charge is -2.17. The molecule has 0 fully saturated rings. The van der Waals surface area contributed by atoms with Crippen LogP contribution in [0.3, 0.4) is 0 Å². The van der Waals surface area contributed by atoms with E-state index in [4.69, 9.17) is 9.84 Å². The number of carbonyl (C=O) groups is 2. The molecule has 0 rings (SSSR count). The van der Waals surface area contributed by atoms with Crippen LogP contribution in [0.25, 0.3) is 0 Å². The fourth-order valence-corrected chi connectivity index (χ4v) is 1.28. The average molecular weight is 230 g/mol. The highest BCUT2D eigenvalue weighted by molar-refractivity contribution is 5.72. The van der Waals surface area contributed by atoms with E-state index in [0.29, 0.717) is 13.0 Å². The summed E-state index contributed by atoms with van der Waals surface area (Å²) in [6.45, 7) is 6.17. The molecule has 94 valence electrons. The van der Waals surface area contributed by atoms with Crippen LogP contribution in [0.2, 0.25) is 0 Å². The Morgan fingerprint density at radius 2 is 1.94 bits per heavy atom. The van der Waals surface area contributed by atoms with Crippen LogP contribution >= 0.6 is 0 Å². The van der Waals surface area contributed by atoms with Crippen molar-refractivity contribution in [3.05, 3.63) is 0 Å². The number of esters is 1. The summed E-state index contributed by atoms with van der Waals surface area (Å²) in [5.74, 6) is -1.22. The van der Waals surface area contributed by atoms with Gasteiger partial charge in [-0.2, -0.15) is 0 Å². The van der Waals surface area contributed by atoms with Crippen molar-refractivity contribution in [2.24, 2.45) is 11.8 Å². The summed E-state index contributed by atoms with van der Waals surface area (Å²) in [6, 6.07) is 0. The van der Waals surface area contributed by atoms with Crippen molar-refractivity contribution < 1.29 is 19.4 Å². The molecule has 0 heterocycles. The van der Waals surface area contributed by atoms with E-state index in [1.165, 1.54) is 0 Å². The van der Waals surface area contributed by atoms with Gasteiger partial charge in [0.1, 0.15) is 0 Å². The number of carboxylic acids is 1. The molecule has 0 saturated carbocycles. The second kappa shape index (κ2) is 8.13. The molecular weight excluding hydrogens is 208 g/mol. The molecule has 4 nitrogen and oxygen atoms in total. The van der Waals surface area contributed by atoms with Crippen molar-refractivity contribution in [3.63, 3.8) is 0 Å². The Kier molecular flexibility index (Phi) is 7.60. The Bertz CT molecular complexity index is 225. The molecular formula is C12H22O4. The van der Waals surface area contributed by atoms with Gasteiger partial charge in [-0.15, -0.1) is 0 Å². The number of carbonyl (C=O) groups excluding carboxylic acids is 1. The van der Waals surface area contributed by atoms with Gasteiger partial charge in [-0.1, -0.05) is 27.2 Å². The van der Waals surface area contributed by atoms with Gasteiger partial charge >= 0.3 is 11.9 Å². The van der Waals surface area contributed by atoms with Gasteiger partial charge in [0.05, 0.1) is 12.5 Å². The number of ether oxygens (including phenoxy) is 1. The van der Waals surface area contributed by atoms with Crippen LogP contribution in [0.15, 0.2) is 0 Å². The first-order valence-corrected chi connectivity index (χ1v) is 5.87. The van der Waals surface area contributed by atoms with Crippen molar-refractivity contribution in [1.29, 1.82) is 0 Å². The van der Waals surface area contributed by atoms with Gasteiger partial charge < -0.3 is 9.84 Å². The molecule has 0 amide bonds. The highest BCUT2D eigenvalue weighted by atomic mass is 16.5. The van der Waals surface area contributed by atoms with Crippen LogP contribution < -0.4 is 0 Å². The third-order valence-electron chi connectivity index (χ3n) is 2.78. The molecule has 0 aromatic heterocycles. The quantitative estimate of drug-likeness (QED) is 0.514. The maximum absolute atomic E-state index is 11.5. The fraction of sp³-hybridized carbons (Fsp3) is 0.833. The number of unbranched alkanes of at least 4 members (excludes halogenated alkanes) is 1. The normalized spacial score (nSPS) is 14.2. The zero-order valence-electron chi connectivity index (χ0n) is 10.4. The molecule has 0 aliphatic carbocycles. The van der Waals surface area contributed by atoms with Crippen LogP contribution in [-0.4, -0.2) is 23.7 Å². The van der Waals surface area contributed by atoms with Crippen LogP contribution in [0.1, 0.15) is 46.5 Å². The molecule has 0 saturated heterocycles. The van der Waals surface area contributed by atoms with Crippen molar-refractivity contribution in [2.45, 2.75) is 46.5 Å². The number of carboxylic acid groups (broad SMARTS) is 1. The summed E-state index contributed by atoms with van der Waals surface area (Å²) in [5, 5.41) is 8.54. The second-order valence-corrected chi connectivity index (χ2v) is 4.22.